The van der Waals surface area contributed by atoms with Crippen molar-refractivity contribution in [2.24, 2.45) is 11.8 Å². The highest BCUT2D eigenvalue weighted by Gasteiger charge is 2.56. The second-order valence-electron chi connectivity index (χ2n) is 5.20. The second kappa shape index (κ2) is 2.86. The number of aliphatic hydroxyl groups is 1. The number of hydrogen-bond acceptors (Lipinski definition) is 3. The molecule has 1 heterocycles. The number of carbonyl (C=O) groups is 1. The van der Waals surface area contributed by atoms with E-state index < -0.39 is 5.60 Å². The predicted molar refractivity (Wildman–Crippen MR) is 50.8 cm³/mol. The van der Waals surface area contributed by atoms with E-state index in [9.17, 15) is 9.90 Å². The number of aliphatic hydroxyl groups excluding tert-OH is 1. The van der Waals surface area contributed by atoms with Gasteiger partial charge in [0.05, 0.1) is 6.10 Å². The molecule has 3 atom stereocenters. The lowest BCUT2D eigenvalue weighted by Crippen LogP contribution is -2.37. The van der Waals surface area contributed by atoms with Crippen LogP contribution in [0.15, 0.2) is 0 Å². The number of piperidine rings is 1. The summed E-state index contributed by atoms with van der Waals surface area (Å²) in [5.41, 5.74) is -0.428. The summed E-state index contributed by atoms with van der Waals surface area (Å²) in [7, 11) is 0. The average Bonchev–Trinajstić information content (AvgIpc) is 2.47. The van der Waals surface area contributed by atoms with Crippen LogP contribution in [0.2, 0.25) is 0 Å². The molecular weight excluding hydrogens is 182 g/mol. The highest BCUT2D eigenvalue weighted by atomic mass is 16.6. The molecule has 4 nitrogen and oxygen atoms in total. The first-order valence-corrected chi connectivity index (χ1v) is 5.04. The Morgan fingerprint density at radius 2 is 1.86 bits per heavy atom. The Hall–Kier alpha value is -0.770. The second-order valence-corrected chi connectivity index (χ2v) is 5.20. The Labute approximate surface area is 83.8 Å². The van der Waals surface area contributed by atoms with Crippen molar-refractivity contribution in [1.82, 2.24) is 4.90 Å². The maximum absolute atomic E-state index is 11.6. The molecule has 2 rings (SSSR count). The third-order valence-corrected chi connectivity index (χ3v) is 2.80. The first-order chi connectivity index (χ1) is 6.38. The Kier molecular flexibility index (Phi) is 2.00. The van der Waals surface area contributed by atoms with E-state index in [0.29, 0.717) is 24.9 Å². The lowest BCUT2D eigenvalue weighted by molar-refractivity contribution is 0.0249. The van der Waals surface area contributed by atoms with Crippen LogP contribution in [0.5, 0.6) is 0 Å². The van der Waals surface area contributed by atoms with Crippen LogP contribution in [-0.4, -0.2) is 40.9 Å². The first kappa shape index (κ1) is 9.77. The SMILES string of the molecule is CC(C)(C)OC(=O)N1C[C@@H]2C(O)[C@@H]2C1. The highest BCUT2D eigenvalue weighted by molar-refractivity contribution is 5.69. The van der Waals surface area contributed by atoms with Crippen molar-refractivity contribution in [3.8, 4) is 0 Å². The van der Waals surface area contributed by atoms with Crippen molar-refractivity contribution < 1.29 is 14.6 Å². The van der Waals surface area contributed by atoms with Gasteiger partial charge in [-0.3, -0.25) is 0 Å². The third kappa shape index (κ3) is 1.71. The lowest BCUT2D eigenvalue weighted by atomic mass is 10.2. The molecule has 4 heteroatoms. The molecule has 1 unspecified atom stereocenters. The Balaban J connectivity index is 1.84. The maximum Gasteiger partial charge on any atom is 0.410 e. The van der Waals surface area contributed by atoms with Gasteiger partial charge in [-0.05, 0) is 20.8 Å². The Morgan fingerprint density at radius 1 is 1.36 bits per heavy atom. The van der Waals surface area contributed by atoms with Crippen molar-refractivity contribution in [1.29, 1.82) is 0 Å². The fourth-order valence-corrected chi connectivity index (χ4v) is 1.97. The zero-order chi connectivity index (χ0) is 10.5. The fourth-order valence-electron chi connectivity index (χ4n) is 1.97. The van der Waals surface area contributed by atoms with Gasteiger partial charge in [-0.15, -0.1) is 0 Å². The molecule has 2 fully saturated rings. The van der Waals surface area contributed by atoms with Gasteiger partial charge in [0.1, 0.15) is 5.60 Å². The summed E-state index contributed by atoms with van der Waals surface area (Å²) in [5.74, 6) is 0.616. The van der Waals surface area contributed by atoms with Gasteiger partial charge >= 0.3 is 6.09 Å². The van der Waals surface area contributed by atoms with Gasteiger partial charge in [0.15, 0.2) is 0 Å². The van der Waals surface area contributed by atoms with Crippen LogP contribution in [-0.2, 0) is 4.74 Å². The summed E-state index contributed by atoms with van der Waals surface area (Å²) in [5, 5.41) is 9.30. The molecule has 1 saturated carbocycles. The molecular formula is C10H17NO3. The molecule has 0 radical (unpaired) electrons. The molecule has 1 aliphatic heterocycles. The quantitative estimate of drug-likeness (QED) is 0.629. The van der Waals surface area contributed by atoms with E-state index in [-0.39, 0.29) is 12.2 Å². The van der Waals surface area contributed by atoms with Gasteiger partial charge in [0, 0.05) is 24.9 Å². The van der Waals surface area contributed by atoms with E-state index in [1.807, 2.05) is 20.8 Å². The van der Waals surface area contributed by atoms with E-state index in [2.05, 4.69) is 0 Å². The number of likely N-dealkylation sites (tertiary alicyclic amines) is 1. The Bertz CT molecular complexity index is 247. The van der Waals surface area contributed by atoms with Gasteiger partial charge in [-0.1, -0.05) is 0 Å². The summed E-state index contributed by atoms with van der Waals surface area (Å²) >= 11 is 0. The smallest absolute Gasteiger partial charge is 0.410 e. The van der Waals surface area contributed by atoms with Crippen molar-refractivity contribution in [3.63, 3.8) is 0 Å². The van der Waals surface area contributed by atoms with E-state index in [0.717, 1.165) is 0 Å². The van der Waals surface area contributed by atoms with E-state index in [4.69, 9.17) is 4.74 Å². The number of ether oxygens (including phenoxy) is 1. The Morgan fingerprint density at radius 3 is 2.29 bits per heavy atom. The van der Waals surface area contributed by atoms with Crippen molar-refractivity contribution in [3.05, 3.63) is 0 Å². The number of nitrogens with zero attached hydrogens (tertiary/aromatic N) is 1. The van der Waals surface area contributed by atoms with Crippen LogP contribution < -0.4 is 0 Å². The lowest BCUT2D eigenvalue weighted by Gasteiger charge is -2.25. The fraction of sp³-hybridized carbons (Fsp3) is 0.900. The van der Waals surface area contributed by atoms with Crippen LogP contribution >= 0.6 is 0 Å². The summed E-state index contributed by atoms with van der Waals surface area (Å²) in [6.45, 7) is 6.88. The molecule has 14 heavy (non-hydrogen) atoms. The van der Waals surface area contributed by atoms with Gasteiger partial charge in [-0.25, -0.2) is 4.79 Å². The van der Waals surface area contributed by atoms with E-state index in [1.165, 1.54) is 0 Å². The molecule has 0 spiro atoms. The average molecular weight is 199 g/mol. The molecule has 2 aliphatic rings. The first-order valence-electron chi connectivity index (χ1n) is 5.04. The van der Waals surface area contributed by atoms with Crippen molar-refractivity contribution in [2.45, 2.75) is 32.5 Å². The van der Waals surface area contributed by atoms with Crippen LogP contribution in [0.25, 0.3) is 0 Å². The van der Waals surface area contributed by atoms with Crippen LogP contribution in [0.3, 0.4) is 0 Å². The topological polar surface area (TPSA) is 49.8 Å². The minimum Gasteiger partial charge on any atom is -0.444 e. The number of carbonyl (C=O) groups excluding carboxylic acids is 1. The molecule has 0 aromatic rings. The number of amides is 1. The van der Waals surface area contributed by atoms with Crippen molar-refractivity contribution in [2.75, 3.05) is 13.1 Å². The van der Waals surface area contributed by atoms with E-state index >= 15 is 0 Å². The molecule has 1 aliphatic carbocycles. The third-order valence-electron chi connectivity index (χ3n) is 2.80. The number of rotatable bonds is 0. The molecule has 0 aromatic heterocycles. The van der Waals surface area contributed by atoms with Crippen molar-refractivity contribution >= 4 is 6.09 Å². The highest BCUT2D eigenvalue weighted by Crippen LogP contribution is 2.45. The van der Waals surface area contributed by atoms with Gasteiger partial charge < -0.3 is 14.7 Å². The molecule has 0 bridgehead atoms. The standard InChI is InChI=1S/C10H17NO3/c1-10(2,3)14-9(13)11-4-6-7(5-11)8(6)12/h6-8,12H,4-5H2,1-3H3/t6-,7+,8?. The monoisotopic (exact) mass is 199 g/mol. The molecule has 1 N–H and O–H groups in total. The minimum atomic E-state index is -0.428. The number of hydrogen-bond donors (Lipinski definition) is 1. The maximum atomic E-state index is 11.6. The zero-order valence-corrected chi connectivity index (χ0v) is 8.86. The summed E-state index contributed by atoms with van der Waals surface area (Å²) in [6, 6.07) is 0. The molecule has 1 saturated heterocycles. The van der Waals surface area contributed by atoms with Gasteiger partial charge in [-0.2, -0.15) is 0 Å². The normalized spacial score (nSPS) is 35.4. The molecule has 1 amide bonds. The summed E-state index contributed by atoms with van der Waals surface area (Å²) in [6.07, 6.45) is -0.425. The predicted octanol–water partition coefficient (Wildman–Crippen LogP) is 0.844. The molecule has 0 aromatic carbocycles. The van der Waals surface area contributed by atoms with Gasteiger partial charge in [0.2, 0.25) is 0 Å². The van der Waals surface area contributed by atoms with Crippen LogP contribution in [0, 0.1) is 11.8 Å². The summed E-state index contributed by atoms with van der Waals surface area (Å²) < 4.78 is 5.23. The van der Waals surface area contributed by atoms with Crippen LogP contribution in [0.4, 0.5) is 4.79 Å². The minimum absolute atomic E-state index is 0.173. The van der Waals surface area contributed by atoms with Gasteiger partial charge in [0.25, 0.3) is 0 Å². The molecule has 80 valence electrons. The summed E-state index contributed by atoms with van der Waals surface area (Å²) in [4.78, 5) is 13.2. The van der Waals surface area contributed by atoms with Crippen LogP contribution in [0.1, 0.15) is 20.8 Å². The number of fused-ring (bicyclic) bond motifs is 1. The zero-order valence-electron chi connectivity index (χ0n) is 8.86. The van der Waals surface area contributed by atoms with E-state index in [1.54, 1.807) is 4.90 Å². The largest absolute Gasteiger partial charge is 0.444 e.